The molecule has 0 aromatic rings. The maximum absolute atomic E-state index is 10.6. The zero-order valence-corrected chi connectivity index (χ0v) is 10.3. The highest BCUT2D eigenvalue weighted by Crippen LogP contribution is 2.49. The third kappa shape index (κ3) is 2.31. The zero-order valence-electron chi connectivity index (χ0n) is 10.3. The number of hydrogen-bond acceptors (Lipinski definition) is 1. The van der Waals surface area contributed by atoms with Crippen molar-refractivity contribution in [1.29, 1.82) is 0 Å². The molecule has 2 atom stereocenters. The second kappa shape index (κ2) is 4.22. The van der Waals surface area contributed by atoms with Crippen LogP contribution in [0, 0.1) is 11.3 Å². The normalized spacial score (nSPS) is 33.2. The Labute approximate surface area is 88.9 Å². The van der Waals surface area contributed by atoms with E-state index in [1.165, 1.54) is 25.7 Å². The van der Waals surface area contributed by atoms with Gasteiger partial charge in [-0.15, -0.1) is 0 Å². The molecule has 1 saturated carbocycles. The van der Waals surface area contributed by atoms with Gasteiger partial charge in [0, 0.05) is 0 Å². The first-order valence-electron chi connectivity index (χ1n) is 6.14. The van der Waals surface area contributed by atoms with Gasteiger partial charge in [0.05, 0.1) is 5.60 Å². The van der Waals surface area contributed by atoms with Crippen molar-refractivity contribution in [2.75, 3.05) is 0 Å². The monoisotopic (exact) mass is 198 g/mol. The Kier molecular flexibility index (Phi) is 3.63. The van der Waals surface area contributed by atoms with Gasteiger partial charge in [-0.2, -0.15) is 0 Å². The van der Waals surface area contributed by atoms with Gasteiger partial charge in [-0.05, 0) is 37.0 Å². The number of hydrogen-bond donors (Lipinski definition) is 1. The van der Waals surface area contributed by atoms with Crippen LogP contribution in [0.15, 0.2) is 0 Å². The molecule has 0 aromatic heterocycles. The fraction of sp³-hybridized carbons (Fsp3) is 1.00. The van der Waals surface area contributed by atoms with E-state index in [1.807, 2.05) is 0 Å². The lowest BCUT2D eigenvalue weighted by Crippen LogP contribution is -2.41. The summed E-state index contributed by atoms with van der Waals surface area (Å²) in [6.45, 7) is 8.94. The van der Waals surface area contributed by atoms with E-state index in [4.69, 9.17) is 0 Å². The minimum Gasteiger partial charge on any atom is -0.389 e. The van der Waals surface area contributed by atoms with E-state index in [1.54, 1.807) is 0 Å². The quantitative estimate of drug-likeness (QED) is 0.729. The van der Waals surface area contributed by atoms with Crippen LogP contribution in [0.25, 0.3) is 0 Å². The molecule has 0 radical (unpaired) electrons. The van der Waals surface area contributed by atoms with Crippen LogP contribution in [0.1, 0.15) is 66.2 Å². The predicted molar refractivity (Wildman–Crippen MR) is 61.3 cm³/mol. The minimum atomic E-state index is -0.387. The van der Waals surface area contributed by atoms with Crippen LogP contribution in [0.3, 0.4) is 0 Å². The van der Waals surface area contributed by atoms with Crippen molar-refractivity contribution in [2.45, 2.75) is 71.8 Å². The summed E-state index contributed by atoms with van der Waals surface area (Å²) in [4.78, 5) is 0. The predicted octanol–water partition coefficient (Wildman–Crippen LogP) is 3.75. The lowest BCUT2D eigenvalue weighted by atomic mass is 9.73. The molecule has 0 bridgehead atoms. The summed E-state index contributed by atoms with van der Waals surface area (Å²) in [7, 11) is 0. The molecule has 1 heteroatoms. The van der Waals surface area contributed by atoms with Gasteiger partial charge in [-0.1, -0.05) is 40.5 Å². The number of aliphatic hydroxyl groups is 1. The van der Waals surface area contributed by atoms with Crippen LogP contribution in [0.2, 0.25) is 0 Å². The molecular formula is C13H26O. The molecule has 1 aliphatic carbocycles. The average molecular weight is 198 g/mol. The van der Waals surface area contributed by atoms with Crippen molar-refractivity contribution in [3.63, 3.8) is 0 Å². The molecule has 2 unspecified atom stereocenters. The summed E-state index contributed by atoms with van der Waals surface area (Å²) < 4.78 is 0. The van der Waals surface area contributed by atoms with E-state index in [0.29, 0.717) is 5.92 Å². The fourth-order valence-corrected chi connectivity index (χ4v) is 2.94. The summed E-state index contributed by atoms with van der Waals surface area (Å²) in [6.07, 6.45) is 6.86. The molecule has 0 spiro atoms. The molecule has 0 amide bonds. The largest absolute Gasteiger partial charge is 0.389 e. The van der Waals surface area contributed by atoms with Gasteiger partial charge in [0.1, 0.15) is 0 Å². The first-order valence-corrected chi connectivity index (χ1v) is 6.14. The summed E-state index contributed by atoms with van der Waals surface area (Å²) in [5, 5.41) is 10.6. The molecule has 0 saturated heterocycles. The molecule has 0 heterocycles. The minimum absolute atomic E-state index is 0.134. The van der Waals surface area contributed by atoms with Crippen LogP contribution in [-0.4, -0.2) is 10.7 Å². The van der Waals surface area contributed by atoms with Crippen molar-refractivity contribution in [3.8, 4) is 0 Å². The van der Waals surface area contributed by atoms with E-state index in [-0.39, 0.29) is 11.0 Å². The van der Waals surface area contributed by atoms with Crippen molar-refractivity contribution in [2.24, 2.45) is 11.3 Å². The van der Waals surface area contributed by atoms with Gasteiger partial charge in [0.15, 0.2) is 0 Å². The smallest absolute Gasteiger partial charge is 0.0701 e. The topological polar surface area (TPSA) is 20.2 Å². The van der Waals surface area contributed by atoms with Gasteiger partial charge in [-0.3, -0.25) is 0 Å². The lowest BCUT2D eigenvalue weighted by molar-refractivity contribution is -0.0603. The highest BCUT2D eigenvalue weighted by Gasteiger charge is 2.47. The van der Waals surface area contributed by atoms with Crippen molar-refractivity contribution in [3.05, 3.63) is 0 Å². The van der Waals surface area contributed by atoms with Crippen molar-refractivity contribution < 1.29 is 5.11 Å². The van der Waals surface area contributed by atoms with Crippen molar-refractivity contribution in [1.82, 2.24) is 0 Å². The molecule has 14 heavy (non-hydrogen) atoms. The Morgan fingerprint density at radius 2 is 1.93 bits per heavy atom. The van der Waals surface area contributed by atoms with Crippen LogP contribution in [-0.2, 0) is 0 Å². The molecule has 1 nitrogen and oxygen atoms in total. The summed E-state index contributed by atoms with van der Waals surface area (Å²) in [6, 6.07) is 0. The molecular weight excluding hydrogens is 172 g/mol. The first kappa shape index (κ1) is 12.0. The summed E-state index contributed by atoms with van der Waals surface area (Å²) in [5.74, 6) is 0.669. The molecule has 1 rings (SSSR count). The average Bonchev–Trinajstić information content (AvgIpc) is 2.26. The maximum Gasteiger partial charge on any atom is 0.0701 e. The SMILES string of the molecule is CCCC(C)CC1(O)CCCC1(C)C. The van der Waals surface area contributed by atoms with Crippen LogP contribution < -0.4 is 0 Å². The molecule has 0 aromatic carbocycles. The molecule has 1 aliphatic rings. The maximum atomic E-state index is 10.6. The van der Waals surface area contributed by atoms with E-state index in [0.717, 1.165) is 12.8 Å². The highest BCUT2D eigenvalue weighted by molar-refractivity contribution is 4.99. The third-order valence-electron chi connectivity index (χ3n) is 4.12. The Morgan fingerprint density at radius 3 is 2.36 bits per heavy atom. The second-order valence-corrected chi connectivity index (χ2v) is 5.87. The van der Waals surface area contributed by atoms with Crippen LogP contribution in [0.4, 0.5) is 0 Å². The van der Waals surface area contributed by atoms with E-state index >= 15 is 0 Å². The van der Waals surface area contributed by atoms with Gasteiger partial charge in [0.2, 0.25) is 0 Å². The van der Waals surface area contributed by atoms with Crippen LogP contribution in [0.5, 0.6) is 0 Å². The second-order valence-electron chi connectivity index (χ2n) is 5.87. The zero-order chi connectivity index (χ0) is 10.8. The molecule has 1 N–H and O–H groups in total. The molecule has 84 valence electrons. The first-order chi connectivity index (χ1) is 6.41. The van der Waals surface area contributed by atoms with Crippen LogP contribution >= 0.6 is 0 Å². The number of rotatable bonds is 4. The van der Waals surface area contributed by atoms with E-state index in [2.05, 4.69) is 27.7 Å². The van der Waals surface area contributed by atoms with Gasteiger partial charge >= 0.3 is 0 Å². The highest BCUT2D eigenvalue weighted by atomic mass is 16.3. The summed E-state index contributed by atoms with van der Waals surface area (Å²) in [5.41, 5.74) is -0.253. The molecule has 0 aliphatic heterocycles. The Bertz CT molecular complexity index is 186. The molecule has 1 fully saturated rings. The van der Waals surface area contributed by atoms with E-state index in [9.17, 15) is 5.11 Å². The fourth-order valence-electron chi connectivity index (χ4n) is 2.94. The Hall–Kier alpha value is -0.0400. The van der Waals surface area contributed by atoms with Gasteiger partial charge < -0.3 is 5.11 Å². The van der Waals surface area contributed by atoms with Gasteiger partial charge in [-0.25, -0.2) is 0 Å². The van der Waals surface area contributed by atoms with E-state index < -0.39 is 0 Å². The Balaban J connectivity index is 2.57. The summed E-state index contributed by atoms with van der Waals surface area (Å²) >= 11 is 0. The van der Waals surface area contributed by atoms with Gasteiger partial charge in [0.25, 0.3) is 0 Å². The lowest BCUT2D eigenvalue weighted by Gasteiger charge is -2.38. The standard InChI is InChI=1S/C13H26O/c1-5-7-11(2)10-13(14)9-6-8-12(13,3)4/h11,14H,5-10H2,1-4H3. The Morgan fingerprint density at radius 1 is 1.29 bits per heavy atom. The third-order valence-corrected chi connectivity index (χ3v) is 4.12. The van der Waals surface area contributed by atoms with Crippen molar-refractivity contribution >= 4 is 0 Å².